The van der Waals surface area contributed by atoms with Crippen molar-refractivity contribution < 1.29 is 4.92 Å². The third-order valence-corrected chi connectivity index (χ3v) is 3.63. The Hall–Kier alpha value is -1.82. The minimum atomic E-state index is -0.425. The van der Waals surface area contributed by atoms with Gasteiger partial charge < -0.3 is 16.0 Å². The molecule has 6 nitrogen and oxygen atoms in total. The topological polar surface area (TPSA) is 84.4 Å². The van der Waals surface area contributed by atoms with Gasteiger partial charge in [0, 0.05) is 12.6 Å². The van der Waals surface area contributed by atoms with E-state index in [1.54, 1.807) is 18.2 Å². The van der Waals surface area contributed by atoms with Crippen molar-refractivity contribution >= 4 is 17.1 Å². The Morgan fingerprint density at radius 1 is 1.40 bits per heavy atom. The summed E-state index contributed by atoms with van der Waals surface area (Å²) >= 11 is 0. The second-order valence-corrected chi connectivity index (χ2v) is 5.41. The highest BCUT2D eigenvalue weighted by Crippen LogP contribution is 2.30. The maximum Gasteiger partial charge on any atom is 0.314 e. The van der Waals surface area contributed by atoms with Crippen molar-refractivity contribution in [1.82, 2.24) is 4.90 Å². The number of hydrogen-bond donors (Lipinski definition) is 2. The number of anilines is 2. The summed E-state index contributed by atoms with van der Waals surface area (Å²) in [6.07, 6.45) is 3.79. The van der Waals surface area contributed by atoms with Gasteiger partial charge in [0.25, 0.3) is 0 Å². The van der Waals surface area contributed by atoms with Crippen molar-refractivity contribution in [3.63, 3.8) is 0 Å². The maximum atomic E-state index is 11.1. The van der Waals surface area contributed by atoms with Gasteiger partial charge in [-0.3, -0.25) is 10.1 Å². The van der Waals surface area contributed by atoms with Crippen molar-refractivity contribution in [2.24, 2.45) is 0 Å². The van der Waals surface area contributed by atoms with Gasteiger partial charge in [-0.25, -0.2) is 0 Å². The molecule has 0 amide bonds. The lowest BCUT2D eigenvalue weighted by Gasteiger charge is -2.29. The molecule has 0 radical (unpaired) electrons. The number of para-hydroxylation sites is 1. The number of hydrogen-bond acceptors (Lipinski definition) is 5. The summed E-state index contributed by atoms with van der Waals surface area (Å²) < 4.78 is 0. The zero-order valence-corrected chi connectivity index (χ0v) is 11.8. The zero-order valence-electron chi connectivity index (χ0n) is 11.8. The Morgan fingerprint density at radius 2 is 2.10 bits per heavy atom. The summed E-state index contributed by atoms with van der Waals surface area (Å²) in [5, 5.41) is 14.3. The summed E-state index contributed by atoms with van der Waals surface area (Å²) in [5.74, 6) is 0. The summed E-state index contributed by atoms with van der Waals surface area (Å²) in [7, 11) is 0. The number of likely N-dealkylation sites (tertiary alicyclic amines) is 1. The van der Waals surface area contributed by atoms with Crippen LogP contribution >= 0.6 is 0 Å². The molecule has 2 rings (SSSR count). The molecule has 6 heteroatoms. The predicted molar refractivity (Wildman–Crippen MR) is 80.9 cm³/mol. The van der Waals surface area contributed by atoms with Gasteiger partial charge in [-0.2, -0.15) is 0 Å². The number of rotatable bonds is 5. The van der Waals surface area contributed by atoms with E-state index < -0.39 is 4.92 Å². The van der Waals surface area contributed by atoms with Crippen molar-refractivity contribution in [1.29, 1.82) is 0 Å². The van der Waals surface area contributed by atoms with E-state index in [2.05, 4.69) is 10.2 Å². The Bertz CT molecular complexity index is 472. The molecule has 20 heavy (non-hydrogen) atoms. The molecule has 0 aliphatic carbocycles. The van der Waals surface area contributed by atoms with E-state index in [9.17, 15) is 10.1 Å². The monoisotopic (exact) mass is 278 g/mol. The average molecular weight is 278 g/mol. The molecular weight excluding hydrogens is 256 g/mol. The van der Waals surface area contributed by atoms with Crippen LogP contribution in [-0.4, -0.2) is 35.5 Å². The standard InChI is InChI=1S/C14H22N4O2/c1-11(10-17-8-3-2-4-9-17)16-13-7-5-6-12(15)14(13)18(19)20/h5-7,11,16H,2-4,8-10,15H2,1H3. The fourth-order valence-corrected chi connectivity index (χ4v) is 2.72. The Labute approximate surface area is 119 Å². The normalized spacial score (nSPS) is 17.6. The second kappa shape index (κ2) is 6.56. The van der Waals surface area contributed by atoms with Gasteiger partial charge in [0.05, 0.1) is 4.92 Å². The van der Waals surface area contributed by atoms with Crippen molar-refractivity contribution in [2.45, 2.75) is 32.2 Å². The summed E-state index contributed by atoms with van der Waals surface area (Å²) in [6, 6.07) is 5.14. The maximum absolute atomic E-state index is 11.1. The van der Waals surface area contributed by atoms with Gasteiger partial charge in [-0.15, -0.1) is 0 Å². The number of nitrogen functional groups attached to an aromatic ring is 1. The van der Waals surface area contributed by atoms with E-state index in [0.29, 0.717) is 5.69 Å². The zero-order chi connectivity index (χ0) is 14.5. The van der Waals surface area contributed by atoms with Crippen molar-refractivity contribution in [3.05, 3.63) is 28.3 Å². The molecule has 0 saturated carbocycles. The first-order chi connectivity index (χ1) is 9.58. The highest BCUT2D eigenvalue weighted by molar-refractivity contribution is 5.74. The van der Waals surface area contributed by atoms with Gasteiger partial charge in [0.15, 0.2) is 0 Å². The average Bonchev–Trinajstić information content (AvgIpc) is 2.39. The molecule has 0 spiro atoms. The molecule has 1 unspecified atom stereocenters. The van der Waals surface area contributed by atoms with E-state index in [4.69, 9.17) is 5.73 Å². The summed E-state index contributed by atoms with van der Waals surface area (Å²) in [5.41, 5.74) is 6.36. The van der Waals surface area contributed by atoms with Crippen LogP contribution in [-0.2, 0) is 0 Å². The number of nitrogens with one attached hydrogen (secondary N) is 1. The SMILES string of the molecule is CC(CN1CCCCC1)Nc1cccc(N)c1[N+](=O)[O-]. The Morgan fingerprint density at radius 3 is 2.75 bits per heavy atom. The molecule has 1 heterocycles. The van der Waals surface area contributed by atoms with Gasteiger partial charge in [-0.1, -0.05) is 12.5 Å². The number of nitro groups is 1. The molecule has 3 N–H and O–H groups in total. The van der Waals surface area contributed by atoms with Gasteiger partial charge >= 0.3 is 5.69 Å². The Balaban J connectivity index is 2.01. The van der Waals surface area contributed by atoms with Gasteiger partial charge in [0.2, 0.25) is 0 Å². The molecule has 1 aliphatic rings. The number of piperidine rings is 1. The third kappa shape index (κ3) is 3.60. The summed E-state index contributed by atoms with van der Waals surface area (Å²) in [6.45, 7) is 5.17. The van der Waals surface area contributed by atoms with Crippen LogP contribution in [0.3, 0.4) is 0 Å². The Kier molecular flexibility index (Phi) is 4.79. The van der Waals surface area contributed by atoms with Crippen LogP contribution in [0.4, 0.5) is 17.1 Å². The van der Waals surface area contributed by atoms with Crippen LogP contribution in [0.5, 0.6) is 0 Å². The lowest BCUT2D eigenvalue weighted by atomic mass is 10.1. The number of benzene rings is 1. The first-order valence-electron chi connectivity index (χ1n) is 7.09. The number of nitro benzene ring substituents is 1. The molecule has 110 valence electrons. The summed E-state index contributed by atoms with van der Waals surface area (Å²) in [4.78, 5) is 13.1. The quantitative estimate of drug-likeness (QED) is 0.491. The largest absolute Gasteiger partial charge is 0.393 e. The van der Waals surface area contributed by atoms with Crippen LogP contribution < -0.4 is 11.1 Å². The minimum Gasteiger partial charge on any atom is -0.393 e. The smallest absolute Gasteiger partial charge is 0.314 e. The van der Waals surface area contributed by atoms with E-state index in [0.717, 1.165) is 19.6 Å². The highest BCUT2D eigenvalue weighted by atomic mass is 16.6. The fourth-order valence-electron chi connectivity index (χ4n) is 2.72. The van der Waals surface area contributed by atoms with Crippen molar-refractivity contribution in [2.75, 3.05) is 30.7 Å². The lowest BCUT2D eigenvalue weighted by Crippen LogP contribution is -2.38. The van der Waals surface area contributed by atoms with E-state index >= 15 is 0 Å². The van der Waals surface area contributed by atoms with E-state index in [1.807, 2.05) is 6.92 Å². The van der Waals surface area contributed by atoms with Gasteiger partial charge in [0.1, 0.15) is 11.4 Å². The van der Waals surface area contributed by atoms with Crippen LogP contribution in [0, 0.1) is 10.1 Å². The first-order valence-corrected chi connectivity index (χ1v) is 7.09. The van der Waals surface area contributed by atoms with Crippen LogP contribution in [0.25, 0.3) is 0 Å². The predicted octanol–water partition coefficient (Wildman–Crippen LogP) is 2.46. The molecule has 1 aliphatic heterocycles. The van der Waals surface area contributed by atoms with E-state index in [1.165, 1.54) is 19.3 Å². The fraction of sp³-hybridized carbons (Fsp3) is 0.571. The lowest BCUT2D eigenvalue weighted by molar-refractivity contribution is -0.383. The minimum absolute atomic E-state index is 0.0296. The highest BCUT2D eigenvalue weighted by Gasteiger charge is 2.20. The van der Waals surface area contributed by atoms with Crippen LogP contribution in [0.15, 0.2) is 18.2 Å². The molecule has 1 aromatic rings. The molecular formula is C14H22N4O2. The van der Waals surface area contributed by atoms with Crippen LogP contribution in [0.1, 0.15) is 26.2 Å². The molecule has 1 saturated heterocycles. The molecule has 1 fully saturated rings. The first kappa shape index (κ1) is 14.6. The van der Waals surface area contributed by atoms with Gasteiger partial charge in [-0.05, 0) is 45.0 Å². The molecule has 1 atom stereocenters. The third-order valence-electron chi connectivity index (χ3n) is 3.63. The van der Waals surface area contributed by atoms with Crippen LogP contribution in [0.2, 0.25) is 0 Å². The molecule has 1 aromatic carbocycles. The molecule has 0 aromatic heterocycles. The van der Waals surface area contributed by atoms with Crippen molar-refractivity contribution in [3.8, 4) is 0 Å². The van der Waals surface area contributed by atoms with E-state index in [-0.39, 0.29) is 17.4 Å². The second-order valence-electron chi connectivity index (χ2n) is 5.41. The number of nitrogens with zero attached hydrogens (tertiary/aromatic N) is 2. The molecule has 0 bridgehead atoms. The number of nitrogens with two attached hydrogens (primary N) is 1.